The second kappa shape index (κ2) is 7.57. The molecule has 4 aliphatic rings. The summed E-state index contributed by atoms with van der Waals surface area (Å²) in [6, 6.07) is 0.942. The summed E-state index contributed by atoms with van der Waals surface area (Å²) in [5.41, 5.74) is -1.50. The van der Waals surface area contributed by atoms with Gasteiger partial charge >= 0.3 is 6.18 Å². The molecule has 7 heteroatoms. The molecule has 0 radical (unpaired) electrons. The minimum Gasteiger partial charge on any atom is -0.390 e. The Morgan fingerprint density at radius 1 is 1.09 bits per heavy atom. The van der Waals surface area contributed by atoms with Crippen LogP contribution in [0.1, 0.15) is 77.3 Å². The average molecular weight is 453 g/mol. The summed E-state index contributed by atoms with van der Waals surface area (Å²) in [6.45, 7) is 4.18. The highest BCUT2D eigenvalue weighted by Crippen LogP contribution is 2.64. The van der Waals surface area contributed by atoms with E-state index in [0.717, 1.165) is 55.7 Å². The molecule has 5 rings (SSSR count). The Morgan fingerprint density at radius 3 is 2.56 bits per heavy atom. The number of aliphatic hydroxyl groups is 1. The number of hydrogen-bond donors (Lipinski definition) is 1. The monoisotopic (exact) mass is 452 g/mol. The topological polar surface area (TPSA) is 55.1 Å². The summed E-state index contributed by atoms with van der Waals surface area (Å²) in [4.78, 5) is 13.2. The SMILES string of the molecule is C[C@@]1(O)CC[C@H]2[C@H](CC[C@@H]3[C@@H]2CC[C@]2(C)[C@@H](C(=O)Cn4ccc(C(F)(F)F)n4)CC[C@@H]32)C1. The van der Waals surface area contributed by atoms with Crippen molar-refractivity contribution in [2.45, 2.75) is 90.0 Å². The summed E-state index contributed by atoms with van der Waals surface area (Å²) in [7, 11) is 0. The largest absolute Gasteiger partial charge is 0.435 e. The van der Waals surface area contributed by atoms with Gasteiger partial charge in [0.2, 0.25) is 0 Å². The highest BCUT2D eigenvalue weighted by atomic mass is 19.4. The maximum Gasteiger partial charge on any atom is 0.435 e. The maximum atomic E-state index is 13.2. The molecule has 1 heterocycles. The van der Waals surface area contributed by atoms with E-state index in [4.69, 9.17) is 0 Å². The number of fused-ring (bicyclic) bond motifs is 5. The van der Waals surface area contributed by atoms with Crippen molar-refractivity contribution in [1.29, 1.82) is 0 Å². The van der Waals surface area contributed by atoms with Crippen LogP contribution in [0.2, 0.25) is 0 Å². The van der Waals surface area contributed by atoms with Crippen LogP contribution in [0.25, 0.3) is 0 Å². The molecule has 32 heavy (non-hydrogen) atoms. The average Bonchev–Trinajstić information content (AvgIpc) is 3.30. The molecule has 4 aliphatic carbocycles. The van der Waals surface area contributed by atoms with E-state index in [2.05, 4.69) is 12.0 Å². The number of aromatic nitrogens is 2. The summed E-state index contributed by atoms with van der Waals surface area (Å²) >= 11 is 0. The summed E-state index contributed by atoms with van der Waals surface area (Å²) in [5.74, 6) is 3.17. The van der Waals surface area contributed by atoms with E-state index in [0.29, 0.717) is 29.6 Å². The van der Waals surface area contributed by atoms with Gasteiger partial charge in [-0.3, -0.25) is 9.48 Å². The molecule has 1 aromatic heterocycles. The van der Waals surface area contributed by atoms with Crippen LogP contribution in [0.5, 0.6) is 0 Å². The lowest BCUT2D eigenvalue weighted by atomic mass is 9.49. The van der Waals surface area contributed by atoms with Crippen LogP contribution in [0.4, 0.5) is 13.2 Å². The molecule has 0 aromatic carbocycles. The molecular formula is C25H35F3N2O2. The second-order valence-corrected chi connectivity index (χ2v) is 11.7. The van der Waals surface area contributed by atoms with E-state index in [1.165, 1.54) is 19.0 Å². The molecule has 0 bridgehead atoms. The van der Waals surface area contributed by atoms with Gasteiger partial charge in [0.05, 0.1) is 12.1 Å². The van der Waals surface area contributed by atoms with Crippen molar-refractivity contribution in [1.82, 2.24) is 9.78 Å². The molecule has 4 saturated carbocycles. The highest BCUT2D eigenvalue weighted by Gasteiger charge is 2.58. The Morgan fingerprint density at radius 2 is 1.84 bits per heavy atom. The van der Waals surface area contributed by atoms with Crippen LogP contribution in [-0.4, -0.2) is 26.3 Å². The Bertz CT molecular complexity index is 879. The zero-order valence-corrected chi connectivity index (χ0v) is 19.1. The van der Waals surface area contributed by atoms with Gasteiger partial charge in [-0.15, -0.1) is 0 Å². The lowest BCUT2D eigenvalue weighted by molar-refractivity contribution is -0.142. The number of carbonyl (C=O) groups excluding carboxylic acids is 1. The number of rotatable bonds is 3. The molecule has 0 aliphatic heterocycles. The van der Waals surface area contributed by atoms with Gasteiger partial charge in [-0.05, 0) is 106 Å². The fourth-order valence-corrected chi connectivity index (χ4v) is 8.48. The lowest BCUT2D eigenvalue weighted by Gasteiger charge is -2.56. The highest BCUT2D eigenvalue weighted by molar-refractivity contribution is 5.82. The standard InChI is InChI=1S/C25H35F3N2O2/c1-23(32)10-7-16-15(13-23)3-4-18-17(16)8-11-24(2)19(18)5-6-20(24)21(31)14-30-12-9-22(29-30)25(26,27)28/h9,12,15-20,32H,3-8,10-11,13-14H2,1-2H3/t15-,16+,17-,18-,19+,20-,23-,24+/m1/s1. The number of Topliss-reactive ketones (excluding diaryl/α,β-unsaturated/α-hetero) is 1. The van der Waals surface area contributed by atoms with Crippen molar-refractivity contribution >= 4 is 5.78 Å². The lowest BCUT2D eigenvalue weighted by Crippen LogP contribution is -2.51. The smallest absolute Gasteiger partial charge is 0.390 e. The van der Waals surface area contributed by atoms with Gasteiger partial charge in [-0.25, -0.2) is 0 Å². The quantitative estimate of drug-likeness (QED) is 0.660. The van der Waals surface area contributed by atoms with Crippen molar-refractivity contribution in [3.8, 4) is 0 Å². The molecule has 1 aromatic rings. The number of halogens is 3. The number of carbonyl (C=O) groups is 1. The third-order valence-electron chi connectivity index (χ3n) is 9.87. The van der Waals surface area contributed by atoms with Crippen molar-refractivity contribution < 1.29 is 23.1 Å². The fourth-order valence-electron chi connectivity index (χ4n) is 8.48. The van der Waals surface area contributed by atoms with Crippen LogP contribution >= 0.6 is 0 Å². The third kappa shape index (κ3) is 3.72. The third-order valence-corrected chi connectivity index (χ3v) is 9.87. The van der Waals surface area contributed by atoms with Crippen molar-refractivity contribution in [2.75, 3.05) is 0 Å². The first-order valence-corrected chi connectivity index (χ1v) is 12.3. The van der Waals surface area contributed by atoms with Crippen molar-refractivity contribution in [2.24, 2.45) is 40.9 Å². The fraction of sp³-hybridized carbons (Fsp3) is 0.840. The molecule has 0 amide bonds. The molecule has 8 atom stereocenters. The number of nitrogens with zero attached hydrogens (tertiary/aromatic N) is 2. The first-order chi connectivity index (χ1) is 15.0. The Labute approximate surface area is 187 Å². The molecule has 1 N–H and O–H groups in total. The van der Waals surface area contributed by atoms with E-state index in [1.54, 1.807) is 0 Å². The van der Waals surface area contributed by atoms with Gasteiger partial charge in [0.15, 0.2) is 11.5 Å². The zero-order chi connectivity index (χ0) is 22.9. The first kappa shape index (κ1) is 22.4. The van der Waals surface area contributed by atoms with Gasteiger partial charge in [-0.1, -0.05) is 6.92 Å². The van der Waals surface area contributed by atoms with E-state index < -0.39 is 17.5 Å². The van der Waals surface area contributed by atoms with Crippen LogP contribution in [0, 0.1) is 40.9 Å². The molecule has 0 spiro atoms. The first-order valence-electron chi connectivity index (χ1n) is 12.3. The Hall–Kier alpha value is -1.37. The Balaban J connectivity index is 1.29. The van der Waals surface area contributed by atoms with E-state index in [-0.39, 0.29) is 23.7 Å². The molecule has 4 fully saturated rings. The van der Waals surface area contributed by atoms with Gasteiger partial charge < -0.3 is 5.11 Å². The van der Waals surface area contributed by atoms with Crippen LogP contribution in [0.3, 0.4) is 0 Å². The minimum atomic E-state index is -4.48. The predicted octanol–water partition coefficient (Wildman–Crippen LogP) is 5.49. The Kier molecular flexibility index (Phi) is 5.31. The predicted molar refractivity (Wildman–Crippen MR) is 113 cm³/mol. The van der Waals surface area contributed by atoms with Crippen molar-refractivity contribution in [3.05, 3.63) is 18.0 Å². The molecule has 0 saturated heterocycles. The van der Waals surface area contributed by atoms with E-state index in [1.807, 2.05) is 6.92 Å². The molecule has 178 valence electrons. The van der Waals surface area contributed by atoms with Gasteiger partial charge in [0, 0.05) is 12.1 Å². The number of alkyl halides is 3. The minimum absolute atomic E-state index is 0.0349. The molecular weight excluding hydrogens is 417 g/mol. The maximum absolute atomic E-state index is 13.2. The van der Waals surface area contributed by atoms with E-state index >= 15 is 0 Å². The number of hydrogen-bond acceptors (Lipinski definition) is 3. The second-order valence-electron chi connectivity index (χ2n) is 11.7. The van der Waals surface area contributed by atoms with E-state index in [9.17, 15) is 23.1 Å². The van der Waals surface area contributed by atoms with Gasteiger partial charge in [0.1, 0.15) is 0 Å². The summed E-state index contributed by atoms with van der Waals surface area (Å²) in [5, 5.41) is 14.1. The van der Waals surface area contributed by atoms with Gasteiger partial charge in [-0.2, -0.15) is 18.3 Å². The van der Waals surface area contributed by atoms with Crippen molar-refractivity contribution in [3.63, 3.8) is 0 Å². The molecule has 4 nitrogen and oxygen atoms in total. The van der Waals surface area contributed by atoms with Crippen LogP contribution in [0.15, 0.2) is 12.3 Å². The molecule has 0 unspecified atom stereocenters. The summed E-state index contributed by atoms with van der Waals surface area (Å²) in [6.07, 6.45) is 6.16. The van der Waals surface area contributed by atoms with Crippen LogP contribution < -0.4 is 0 Å². The summed E-state index contributed by atoms with van der Waals surface area (Å²) < 4.78 is 39.8. The normalized spacial score (nSPS) is 43.9. The number of ketones is 1. The van der Waals surface area contributed by atoms with Crippen LogP contribution in [-0.2, 0) is 17.5 Å². The zero-order valence-electron chi connectivity index (χ0n) is 19.1. The van der Waals surface area contributed by atoms with Gasteiger partial charge in [0.25, 0.3) is 0 Å².